The summed E-state index contributed by atoms with van der Waals surface area (Å²) < 4.78 is 0. The summed E-state index contributed by atoms with van der Waals surface area (Å²) in [5, 5.41) is 1.35. The molecule has 2 nitrogen and oxygen atoms in total. The third-order valence-electron chi connectivity index (χ3n) is 2.78. The zero-order valence-corrected chi connectivity index (χ0v) is 10.4. The van der Waals surface area contributed by atoms with Gasteiger partial charge in [-0.05, 0) is 24.6 Å². The van der Waals surface area contributed by atoms with Crippen LogP contribution >= 0.6 is 23.2 Å². The molecular formula is C12H14Cl2N2. The molecule has 1 aliphatic rings. The van der Waals surface area contributed by atoms with Crippen LogP contribution in [0.3, 0.4) is 0 Å². The molecule has 0 saturated carbocycles. The van der Waals surface area contributed by atoms with Crippen molar-refractivity contribution in [2.24, 2.45) is 5.73 Å². The highest BCUT2D eigenvalue weighted by atomic mass is 35.5. The number of hydrogen-bond acceptors (Lipinski definition) is 2. The molecule has 0 aromatic heterocycles. The van der Waals surface area contributed by atoms with Gasteiger partial charge >= 0.3 is 0 Å². The predicted octanol–water partition coefficient (Wildman–Crippen LogP) is 3.09. The fourth-order valence-electron chi connectivity index (χ4n) is 1.85. The lowest BCUT2D eigenvalue weighted by Gasteiger charge is -2.28. The van der Waals surface area contributed by atoms with E-state index in [1.807, 2.05) is 12.1 Å². The molecule has 86 valence electrons. The summed E-state index contributed by atoms with van der Waals surface area (Å²) >= 11 is 12.0. The average Bonchev–Trinajstić information content (AvgIpc) is 2.28. The van der Waals surface area contributed by atoms with E-state index in [1.165, 1.54) is 5.57 Å². The van der Waals surface area contributed by atoms with Crippen LogP contribution in [0, 0.1) is 0 Å². The molecule has 0 radical (unpaired) electrons. The minimum atomic E-state index is 0.657. The highest BCUT2D eigenvalue weighted by Crippen LogP contribution is 2.27. The van der Waals surface area contributed by atoms with Crippen molar-refractivity contribution in [3.8, 4) is 0 Å². The maximum absolute atomic E-state index is 5.98. The molecule has 2 rings (SSSR count). The summed E-state index contributed by atoms with van der Waals surface area (Å²) in [5.74, 6) is 0. The Morgan fingerprint density at radius 3 is 2.38 bits per heavy atom. The molecule has 4 heteroatoms. The zero-order chi connectivity index (χ0) is 11.5. The molecule has 0 bridgehead atoms. The first kappa shape index (κ1) is 11.8. The number of rotatable bonds is 2. The third kappa shape index (κ3) is 2.70. The lowest BCUT2D eigenvalue weighted by molar-refractivity contribution is 0.773. The van der Waals surface area contributed by atoms with Crippen LogP contribution in [0.1, 0.15) is 6.42 Å². The maximum atomic E-state index is 5.98. The van der Waals surface area contributed by atoms with E-state index in [4.69, 9.17) is 28.9 Å². The summed E-state index contributed by atoms with van der Waals surface area (Å²) in [4.78, 5) is 2.25. The van der Waals surface area contributed by atoms with E-state index in [0.717, 1.165) is 25.2 Å². The van der Waals surface area contributed by atoms with Crippen molar-refractivity contribution in [1.82, 2.24) is 0 Å². The predicted molar refractivity (Wildman–Crippen MR) is 70.4 cm³/mol. The van der Waals surface area contributed by atoms with E-state index in [-0.39, 0.29) is 0 Å². The van der Waals surface area contributed by atoms with Crippen LogP contribution in [0.15, 0.2) is 29.8 Å². The zero-order valence-electron chi connectivity index (χ0n) is 8.92. The number of halogens is 2. The molecule has 0 saturated heterocycles. The Bertz CT molecular complexity index is 395. The molecule has 0 aliphatic carbocycles. The third-order valence-corrected chi connectivity index (χ3v) is 3.21. The largest absolute Gasteiger partial charge is 0.367 e. The molecule has 0 atom stereocenters. The second kappa shape index (κ2) is 5.09. The smallest absolute Gasteiger partial charge is 0.0441 e. The van der Waals surface area contributed by atoms with Crippen molar-refractivity contribution < 1.29 is 0 Å². The van der Waals surface area contributed by atoms with Crippen LogP contribution < -0.4 is 10.6 Å². The van der Waals surface area contributed by atoms with Crippen molar-refractivity contribution in [2.45, 2.75) is 6.42 Å². The molecule has 0 unspecified atom stereocenters. The van der Waals surface area contributed by atoms with Crippen LogP contribution in [0.4, 0.5) is 5.69 Å². The highest BCUT2D eigenvalue weighted by molar-refractivity contribution is 6.35. The molecule has 1 aliphatic heterocycles. The van der Waals surface area contributed by atoms with Gasteiger partial charge in [-0.15, -0.1) is 0 Å². The maximum Gasteiger partial charge on any atom is 0.0441 e. The molecule has 2 N–H and O–H groups in total. The fourth-order valence-corrected chi connectivity index (χ4v) is 2.37. The summed E-state index contributed by atoms with van der Waals surface area (Å²) in [6, 6.07) is 5.63. The Balaban J connectivity index is 2.17. The second-order valence-corrected chi connectivity index (χ2v) is 4.76. The quantitative estimate of drug-likeness (QED) is 0.825. The Hall–Kier alpha value is -0.700. The van der Waals surface area contributed by atoms with Gasteiger partial charge < -0.3 is 10.6 Å². The van der Waals surface area contributed by atoms with Gasteiger partial charge in [-0.3, -0.25) is 0 Å². The van der Waals surface area contributed by atoms with Gasteiger partial charge in [0, 0.05) is 35.4 Å². The summed E-state index contributed by atoms with van der Waals surface area (Å²) in [6.07, 6.45) is 3.19. The number of nitrogens with zero attached hydrogens (tertiary/aromatic N) is 1. The second-order valence-electron chi connectivity index (χ2n) is 3.89. The molecule has 1 aromatic rings. The van der Waals surface area contributed by atoms with Crippen LogP contribution in [0.25, 0.3) is 0 Å². The van der Waals surface area contributed by atoms with E-state index in [0.29, 0.717) is 16.6 Å². The van der Waals surface area contributed by atoms with Crippen LogP contribution in [-0.2, 0) is 0 Å². The van der Waals surface area contributed by atoms with Crippen LogP contribution in [0.2, 0.25) is 10.0 Å². The first-order valence-electron chi connectivity index (χ1n) is 5.28. The van der Waals surface area contributed by atoms with Gasteiger partial charge in [0.1, 0.15) is 0 Å². The Morgan fingerprint density at radius 2 is 1.88 bits per heavy atom. The van der Waals surface area contributed by atoms with Gasteiger partial charge in [-0.1, -0.05) is 34.9 Å². The van der Waals surface area contributed by atoms with Gasteiger partial charge in [0.15, 0.2) is 0 Å². The Morgan fingerprint density at radius 1 is 1.19 bits per heavy atom. The molecule has 0 fully saturated rings. The van der Waals surface area contributed by atoms with Gasteiger partial charge in [-0.2, -0.15) is 0 Å². The highest BCUT2D eigenvalue weighted by Gasteiger charge is 2.12. The Kier molecular flexibility index (Phi) is 3.74. The van der Waals surface area contributed by atoms with E-state index in [1.54, 1.807) is 6.07 Å². The number of nitrogens with two attached hydrogens (primary N) is 1. The standard InChI is InChI=1S/C12H14Cl2N2/c13-10-5-11(14)7-12(6-10)16-3-1-9(8-15)2-4-16/h1,5-7H,2-4,8,15H2. The van der Waals surface area contributed by atoms with Crippen LogP contribution in [0.5, 0.6) is 0 Å². The van der Waals surface area contributed by atoms with E-state index in [9.17, 15) is 0 Å². The minimum Gasteiger partial charge on any atom is -0.367 e. The monoisotopic (exact) mass is 256 g/mol. The van der Waals surface area contributed by atoms with Crippen molar-refractivity contribution in [2.75, 3.05) is 24.5 Å². The molecule has 1 aromatic carbocycles. The normalized spacial score (nSPS) is 16.2. The number of benzene rings is 1. The van der Waals surface area contributed by atoms with Gasteiger partial charge in [0.25, 0.3) is 0 Å². The van der Waals surface area contributed by atoms with Crippen molar-refractivity contribution >= 4 is 28.9 Å². The van der Waals surface area contributed by atoms with Gasteiger partial charge in [0.05, 0.1) is 0 Å². The molecule has 16 heavy (non-hydrogen) atoms. The number of anilines is 1. The van der Waals surface area contributed by atoms with Crippen molar-refractivity contribution in [3.05, 3.63) is 39.9 Å². The summed E-state index contributed by atoms with van der Waals surface area (Å²) in [6.45, 7) is 2.51. The van der Waals surface area contributed by atoms with E-state index in [2.05, 4.69) is 11.0 Å². The van der Waals surface area contributed by atoms with Crippen LogP contribution in [-0.4, -0.2) is 19.6 Å². The van der Waals surface area contributed by atoms with Crippen molar-refractivity contribution in [1.29, 1.82) is 0 Å². The fraction of sp³-hybridized carbons (Fsp3) is 0.333. The first-order chi connectivity index (χ1) is 7.69. The summed E-state index contributed by atoms with van der Waals surface area (Å²) in [5.41, 5.74) is 8.00. The van der Waals surface area contributed by atoms with E-state index >= 15 is 0 Å². The topological polar surface area (TPSA) is 29.3 Å². The Labute approximate surface area is 106 Å². The lowest BCUT2D eigenvalue weighted by Crippen LogP contribution is -2.29. The van der Waals surface area contributed by atoms with Gasteiger partial charge in [-0.25, -0.2) is 0 Å². The summed E-state index contributed by atoms with van der Waals surface area (Å²) in [7, 11) is 0. The van der Waals surface area contributed by atoms with Crippen molar-refractivity contribution in [3.63, 3.8) is 0 Å². The number of hydrogen-bond donors (Lipinski definition) is 1. The minimum absolute atomic E-state index is 0.657. The molecule has 1 heterocycles. The SMILES string of the molecule is NCC1=CCN(c2cc(Cl)cc(Cl)c2)CC1. The van der Waals surface area contributed by atoms with E-state index < -0.39 is 0 Å². The molecular weight excluding hydrogens is 243 g/mol. The van der Waals surface area contributed by atoms with Gasteiger partial charge in [0.2, 0.25) is 0 Å². The molecule has 0 amide bonds. The average molecular weight is 257 g/mol. The lowest BCUT2D eigenvalue weighted by atomic mass is 10.1. The first-order valence-corrected chi connectivity index (χ1v) is 6.03. The molecule has 0 spiro atoms.